The normalized spacial score (nSPS) is 10.4. The van der Waals surface area contributed by atoms with Crippen LogP contribution in [0.4, 0.5) is 11.4 Å². The molecule has 12 heteroatoms. The molecular weight excluding hydrogens is 596 g/mol. The van der Waals surface area contributed by atoms with Crippen molar-refractivity contribution in [1.29, 1.82) is 0 Å². The summed E-state index contributed by atoms with van der Waals surface area (Å²) in [7, 11) is -1.95. The maximum absolute atomic E-state index is 13.0. The molecule has 0 aliphatic rings. The maximum Gasteiger partial charge on any atom is 0.350 e. The van der Waals surface area contributed by atoms with Crippen molar-refractivity contribution >= 4 is 71.7 Å². The molecule has 0 aromatic carbocycles. The average molecular weight is 631 g/mol. The van der Waals surface area contributed by atoms with Crippen LogP contribution in [0.15, 0.2) is 10.8 Å². The predicted octanol–water partition coefficient (Wildman–Crippen LogP) is 5.25. The summed E-state index contributed by atoms with van der Waals surface area (Å²) in [6.45, 7) is 13.2. The zero-order valence-corrected chi connectivity index (χ0v) is 27.1. The first-order valence-corrected chi connectivity index (χ1v) is 15.4. The zero-order valence-electron chi connectivity index (χ0n) is 21.7. The van der Waals surface area contributed by atoms with Gasteiger partial charge in [-0.25, -0.2) is 4.79 Å². The Labute approximate surface area is 246 Å². The van der Waals surface area contributed by atoms with Gasteiger partial charge in [0.1, 0.15) is 24.0 Å². The second-order valence-corrected chi connectivity index (χ2v) is 14.2. The molecule has 0 fully saturated rings. The molecule has 1 radical (unpaired) electrons. The number of hydrogen-bond donors (Lipinski definition) is 2. The van der Waals surface area contributed by atoms with E-state index < -0.39 is 13.2 Å². The number of rotatable bonds is 11. The van der Waals surface area contributed by atoms with Crippen molar-refractivity contribution in [3.63, 3.8) is 0 Å². The summed E-state index contributed by atoms with van der Waals surface area (Å²) in [4.78, 5) is 59.0. The molecular formula is C24H34N2O6PS2Y+. The summed E-state index contributed by atoms with van der Waals surface area (Å²) < 4.78 is 5.10. The van der Waals surface area contributed by atoms with Crippen LogP contribution in [0, 0.1) is 13.8 Å². The Kier molecular flexibility index (Phi) is 15.9. The van der Waals surface area contributed by atoms with Gasteiger partial charge in [-0.3, -0.25) is 14.4 Å². The maximum atomic E-state index is 13.0. The third-order valence-corrected chi connectivity index (χ3v) is 12.4. The van der Waals surface area contributed by atoms with Gasteiger partial charge in [0.25, 0.3) is 11.8 Å². The minimum atomic E-state index is -1.95. The molecule has 36 heavy (non-hydrogen) atoms. The number of carbonyl (C=O) groups excluding carboxylic acids is 5. The average Bonchev–Trinajstić information content (AvgIpc) is 3.37. The number of ether oxygens (including phenoxy) is 1. The molecule has 0 atom stereocenters. The van der Waals surface area contributed by atoms with Gasteiger partial charge in [-0.2, -0.15) is 0 Å². The van der Waals surface area contributed by atoms with Crippen molar-refractivity contribution < 1.29 is 61.4 Å². The van der Waals surface area contributed by atoms with Gasteiger partial charge in [-0.15, -0.1) is 22.7 Å². The minimum absolute atomic E-state index is 0. The van der Waals surface area contributed by atoms with E-state index in [1.807, 2.05) is 45.2 Å². The third kappa shape index (κ3) is 9.21. The second-order valence-electron chi connectivity index (χ2n) is 7.91. The monoisotopic (exact) mass is 630 g/mol. The molecule has 2 aromatic rings. The number of esters is 1. The molecule has 0 saturated heterocycles. The standard InChI is InChI=1S/C23H31N2O5PS2.CH2O.Y/c1-7-30-23(29)22-20(15(5)13-33-22)25-18(28)11-31(8-2,9-3)10-17(27)24-19-14(4)12-32-21(19)16(6)26;1-2;/h12-13H,7-11H2,1-6H3,(H-,24,25,26,27,28,29);1H2;/p+1. The number of ketones is 1. The van der Waals surface area contributed by atoms with E-state index in [9.17, 15) is 19.2 Å². The molecule has 0 aliphatic carbocycles. The van der Waals surface area contributed by atoms with E-state index in [1.54, 1.807) is 6.92 Å². The van der Waals surface area contributed by atoms with E-state index in [0.29, 0.717) is 21.1 Å². The van der Waals surface area contributed by atoms with E-state index in [1.165, 1.54) is 29.6 Å². The topological polar surface area (TPSA) is 119 Å². The summed E-state index contributed by atoms with van der Waals surface area (Å²) in [6.07, 6.45) is 1.97. The Hall–Kier alpha value is -1.32. The number of thiophene rings is 2. The first-order valence-electron chi connectivity index (χ1n) is 11.1. The summed E-state index contributed by atoms with van der Waals surface area (Å²) in [5, 5.41) is 9.48. The number of nitrogens with one attached hydrogen (secondary N) is 2. The van der Waals surface area contributed by atoms with E-state index in [0.717, 1.165) is 23.5 Å². The van der Waals surface area contributed by atoms with Crippen LogP contribution in [-0.2, 0) is 51.8 Å². The summed E-state index contributed by atoms with van der Waals surface area (Å²) in [5.74, 6) is -0.922. The number of anilines is 2. The number of Topliss-reactive ketones (excluding diaryl/α,β-unsaturated/α-hetero) is 1. The molecule has 2 rings (SSSR count). The Morgan fingerprint density at radius 3 is 1.67 bits per heavy atom. The third-order valence-electron chi connectivity index (χ3n) is 5.56. The van der Waals surface area contributed by atoms with Gasteiger partial charge < -0.3 is 20.2 Å². The van der Waals surface area contributed by atoms with Crippen LogP contribution < -0.4 is 10.6 Å². The molecule has 0 saturated carbocycles. The van der Waals surface area contributed by atoms with Crippen LogP contribution in [0.25, 0.3) is 0 Å². The van der Waals surface area contributed by atoms with Crippen LogP contribution in [0.1, 0.15) is 58.2 Å². The van der Waals surface area contributed by atoms with E-state index in [2.05, 4.69) is 10.6 Å². The van der Waals surface area contributed by atoms with Gasteiger partial charge in [0, 0.05) is 46.9 Å². The molecule has 2 N–H and O–H groups in total. The molecule has 2 aromatic heterocycles. The van der Waals surface area contributed by atoms with Crippen molar-refractivity contribution in [2.75, 3.05) is 41.9 Å². The fraction of sp³-hybridized carbons (Fsp3) is 0.458. The smallest absolute Gasteiger partial charge is 0.350 e. The Balaban J connectivity index is 0.00000398. The number of hydrogen-bond acceptors (Lipinski definition) is 8. The quantitative estimate of drug-likeness (QED) is 0.199. The van der Waals surface area contributed by atoms with Gasteiger partial charge in [-0.1, -0.05) is 0 Å². The molecule has 2 heterocycles. The molecule has 2 amide bonds. The van der Waals surface area contributed by atoms with Crippen LogP contribution in [0.5, 0.6) is 0 Å². The first kappa shape index (κ1) is 34.7. The molecule has 8 nitrogen and oxygen atoms in total. The SMILES string of the molecule is C=O.CCOC(=O)c1scc(C)c1NC(=O)C[P+](CC)(CC)CC(=O)Nc1c(C)csc1C(C)=O.[Y]. The van der Waals surface area contributed by atoms with Gasteiger partial charge in [0.2, 0.25) is 0 Å². The van der Waals surface area contributed by atoms with Gasteiger partial charge in [-0.05, 0) is 56.5 Å². The number of amides is 2. The van der Waals surface area contributed by atoms with Crippen molar-refractivity contribution in [2.45, 2.75) is 41.5 Å². The van der Waals surface area contributed by atoms with E-state index in [4.69, 9.17) is 9.53 Å². The second kappa shape index (κ2) is 16.5. The van der Waals surface area contributed by atoms with Gasteiger partial charge >= 0.3 is 5.97 Å². The number of aryl methyl sites for hydroxylation is 2. The Morgan fingerprint density at radius 2 is 1.28 bits per heavy atom. The van der Waals surface area contributed by atoms with E-state index in [-0.39, 0.29) is 69.2 Å². The number of carbonyl (C=O) groups is 5. The summed E-state index contributed by atoms with van der Waals surface area (Å²) in [6, 6.07) is 0. The largest absolute Gasteiger partial charge is 0.462 e. The fourth-order valence-electron chi connectivity index (χ4n) is 3.50. The summed E-state index contributed by atoms with van der Waals surface area (Å²) >= 11 is 2.56. The van der Waals surface area contributed by atoms with Crippen LogP contribution in [0.2, 0.25) is 0 Å². The molecule has 195 valence electrons. The van der Waals surface area contributed by atoms with Crippen molar-refractivity contribution in [3.05, 3.63) is 31.6 Å². The van der Waals surface area contributed by atoms with Crippen molar-refractivity contribution in [2.24, 2.45) is 0 Å². The fourth-order valence-corrected chi connectivity index (χ4v) is 8.13. The molecule has 0 spiro atoms. The zero-order chi connectivity index (χ0) is 26.8. The molecule has 0 bridgehead atoms. The molecule has 0 unspecified atom stereocenters. The van der Waals surface area contributed by atoms with E-state index >= 15 is 0 Å². The van der Waals surface area contributed by atoms with Crippen molar-refractivity contribution in [1.82, 2.24) is 0 Å². The summed E-state index contributed by atoms with van der Waals surface area (Å²) in [5.41, 5.74) is 2.71. The molecule has 0 aliphatic heterocycles. The van der Waals surface area contributed by atoms with Crippen LogP contribution in [-0.4, -0.2) is 61.6 Å². The van der Waals surface area contributed by atoms with Crippen molar-refractivity contribution in [3.8, 4) is 0 Å². The Bertz CT molecular complexity index is 1070. The van der Waals surface area contributed by atoms with Crippen LogP contribution >= 0.6 is 29.9 Å². The van der Waals surface area contributed by atoms with Gasteiger partial charge in [0.15, 0.2) is 5.78 Å². The van der Waals surface area contributed by atoms with Gasteiger partial charge in [0.05, 0.1) is 35.2 Å². The minimum Gasteiger partial charge on any atom is -0.462 e. The predicted molar refractivity (Wildman–Crippen MR) is 146 cm³/mol. The first-order chi connectivity index (χ1) is 16.6. The van der Waals surface area contributed by atoms with Crippen LogP contribution in [0.3, 0.4) is 0 Å². The Morgan fingerprint density at radius 1 is 0.861 bits per heavy atom.